The van der Waals surface area contributed by atoms with Crippen LogP contribution >= 0.6 is 15.9 Å². The molecule has 0 bridgehead atoms. The van der Waals surface area contributed by atoms with Crippen molar-refractivity contribution in [1.82, 2.24) is 0 Å². The molecule has 0 spiro atoms. The predicted octanol–water partition coefficient (Wildman–Crippen LogP) is 6.54. The monoisotopic (exact) mass is 469 g/mol. The zero-order valence-corrected chi connectivity index (χ0v) is 19.6. The fourth-order valence-corrected chi connectivity index (χ4v) is 8.16. The highest BCUT2D eigenvalue weighted by Gasteiger charge is 2.60. The molecular weight excluding hydrogens is 438 g/mol. The number of ketones is 1. The number of allylic oxidation sites excluding steroid dienone is 1. The molecule has 3 nitrogen and oxygen atoms in total. The standard InChI is InChI=1S/C26H32BrNO2/c1-25-13-11-17(29)15-16(25)7-8-18-19-9-10-21(26(19,2)14-12-20(18)25)24(30)28-23-6-4-3-5-22(23)27/h3-6,15,18-21H,7-14H2,1-2H3,(H,28,30)/t18?,19?,20?,21-,25+,26+/m1/s1. The van der Waals surface area contributed by atoms with E-state index in [1.165, 1.54) is 24.8 Å². The first-order chi connectivity index (χ1) is 14.3. The summed E-state index contributed by atoms with van der Waals surface area (Å²) >= 11 is 3.56. The first-order valence-corrected chi connectivity index (χ1v) is 12.4. The Kier molecular flexibility index (Phi) is 5.00. The highest BCUT2D eigenvalue weighted by Crippen LogP contribution is 2.66. The quantitative estimate of drug-likeness (QED) is 0.534. The number of halogens is 1. The maximum absolute atomic E-state index is 13.3. The molecule has 4 heteroatoms. The van der Waals surface area contributed by atoms with Crippen molar-refractivity contribution in [3.8, 4) is 0 Å². The van der Waals surface area contributed by atoms with Crippen molar-refractivity contribution in [2.24, 2.45) is 34.5 Å². The van der Waals surface area contributed by atoms with Gasteiger partial charge in [0.05, 0.1) is 5.69 Å². The second kappa shape index (κ2) is 7.32. The number of rotatable bonds is 2. The topological polar surface area (TPSA) is 46.2 Å². The molecule has 1 aromatic rings. The zero-order valence-electron chi connectivity index (χ0n) is 18.0. The van der Waals surface area contributed by atoms with Gasteiger partial charge >= 0.3 is 0 Å². The lowest BCUT2D eigenvalue weighted by atomic mass is 9.47. The Hall–Kier alpha value is -1.42. The summed E-state index contributed by atoms with van der Waals surface area (Å²) in [6, 6.07) is 7.88. The van der Waals surface area contributed by atoms with Crippen molar-refractivity contribution < 1.29 is 9.59 Å². The number of nitrogens with one attached hydrogen (secondary N) is 1. The third kappa shape index (κ3) is 3.04. The summed E-state index contributed by atoms with van der Waals surface area (Å²) < 4.78 is 0.938. The summed E-state index contributed by atoms with van der Waals surface area (Å²) in [6.07, 6.45) is 10.5. The van der Waals surface area contributed by atoms with E-state index in [-0.39, 0.29) is 22.7 Å². The molecule has 1 amide bonds. The number of carbonyl (C=O) groups is 2. The van der Waals surface area contributed by atoms with Gasteiger partial charge in [-0.3, -0.25) is 9.59 Å². The smallest absolute Gasteiger partial charge is 0.228 e. The molecule has 30 heavy (non-hydrogen) atoms. The van der Waals surface area contributed by atoms with Crippen molar-refractivity contribution in [3.63, 3.8) is 0 Å². The minimum Gasteiger partial charge on any atom is -0.325 e. The highest BCUT2D eigenvalue weighted by atomic mass is 79.9. The Labute approximate surface area is 188 Å². The molecule has 0 aromatic heterocycles. The Balaban J connectivity index is 1.38. The van der Waals surface area contributed by atoms with E-state index in [0.717, 1.165) is 35.8 Å². The molecule has 1 aromatic carbocycles. The number of anilines is 1. The van der Waals surface area contributed by atoms with Crippen LogP contribution < -0.4 is 5.32 Å². The first kappa shape index (κ1) is 20.5. The number of hydrogen-bond acceptors (Lipinski definition) is 2. The summed E-state index contributed by atoms with van der Waals surface area (Å²) in [5, 5.41) is 3.21. The molecule has 0 radical (unpaired) electrons. The predicted molar refractivity (Wildman–Crippen MR) is 123 cm³/mol. The van der Waals surface area contributed by atoms with Gasteiger partial charge in [-0.1, -0.05) is 31.6 Å². The van der Waals surface area contributed by atoms with Gasteiger partial charge in [0, 0.05) is 16.8 Å². The summed E-state index contributed by atoms with van der Waals surface area (Å²) in [5.41, 5.74) is 2.59. The normalized spacial score (nSPS) is 40.1. The van der Waals surface area contributed by atoms with E-state index in [9.17, 15) is 9.59 Å². The number of para-hydroxylation sites is 1. The van der Waals surface area contributed by atoms with Gasteiger partial charge in [0.15, 0.2) is 5.78 Å². The highest BCUT2D eigenvalue weighted by molar-refractivity contribution is 9.10. The molecule has 0 aliphatic heterocycles. The van der Waals surface area contributed by atoms with Crippen LogP contribution in [0.4, 0.5) is 5.69 Å². The molecule has 1 N–H and O–H groups in total. The van der Waals surface area contributed by atoms with E-state index in [1.807, 2.05) is 30.3 Å². The largest absolute Gasteiger partial charge is 0.325 e. The minimum atomic E-state index is 0.0910. The van der Waals surface area contributed by atoms with Gasteiger partial charge in [-0.15, -0.1) is 0 Å². The van der Waals surface area contributed by atoms with Gasteiger partial charge in [-0.2, -0.15) is 0 Å². The fourth-order valence-electron chi connectivity index (χ4n) is 7.77. The lowest BCUT2D eigenvalue weighted by molar-refractivity contribution is -0.127. The molecule has 3 saturated carbocycles. The molecular formula is C26H32BrNO2. The number of hydrogen-bond donors (Lipinski definition) is 1. The van der Waals surface area contributed by atoms with Crippen LogP contribution in [0.5, 0.6) is 0 Å². The van der Waals surface area contributed by atoms with E-state index in [0.29, 0.717) is 30.0 Å². The number of amides is 1. The molecule has 4 aliphatic carbocycles. The lowest BCUT2D eigenvalue weighted by Crippen LogP contribution is -2.51. The van der Waals surface area contributed by atoms with Crippen molar-refractivity contribution in [2.75, 3.05) is 5.32 Å². The van der Waals surface area contributed by atoms with Crippen LogP contribution in [-0.2, 0) is 9.59 Å². The van der Waals surface area contributed by atoms with Crippen molar-refractivity contribution >= 4 is 33.3 Å². The van der Waals surface area contributed by atoms with Crippen molar-refractivity contribution in [2.45, 2.75) is 65.2 Å². The number of carbonyl (C=O) groups excluding carboxylic acids is 2. The van der Waals surface area contributed by atoms with Gasteiger partial charge in [0.25, 0.3) is 0 Å². The Bertz CT molecular complexity index is 923. The minimum absolute atomic E-state index is 0.0910. The Morgan fingerprint density at radius 1 is 1.03 bits per heavy atom. The van der Waals surface area contributed by atoms with E-state index >= 15 is 0 Å². The SMILES string of the molecule is C[C@]12CCC(=O)C=C1CCC1C2CC[C@@]2(C)C1CC[C@@H]2C(=O)Nc1ccccc1Br. The second-order valence-corrected chi connectivity index (χ2v) is 11.5. The number of benzene rings is 1. The van der Waals surface area contributed by atoms with Crippen LogP contribution in [0.25, 0.3) is 0 Å². The van der Waals surface area contributed by atoms with Crippen LogP contribution in [0, 0.1) is 34.5 Å². The maximum atomic E-state index is 13.3. The van der Waals surface area contributed by atoms with Crippen LogP contribution in [0.15, 0.2) is 40.4 Å². The molecule has 3 unspecified atom stereocenters. The van der Waals surface area contributed by atoms with Crippen LogP contribution in [0.3, 0.4) is 0 Å². The second-order valence-electron chi connectivity index (χ2n) is 10.6. The van der Waals surface area contributed by atoms with Gasteiger partial charge in [-0.25, -0.2) is 0 Å². The van der Waals surface area contributed by atoms with Gasteiger partial charge in [-0.05, 0) is 108 Å². The maximum Gasteiger partial charge on any atom is 0.228 e. The summed E-state index contributed by atoms with van der Waals surface area (Å²) in [5.74, 6) is 2.60. The van der Waals surface area contributed by atoms with Crippen molar-refractivity contribution in [1.29, 1.82) is 0 Å². The number of fused-ring (bicyclic) bond motifs is 5. The summed E-state index contributed by atoms with van der Waals surface area (Å²) in [4.78, 5) is 25.4. The molecule has 0 heterocycles. The van der Waals surface area contributed by atoms with E-state index in [2.05, 4.69) is 35.1 Å². The summed E-state index contributed by atoms with van der Waals surface area (Å²) in [6.45, 7) is 4.82. The first-order valence-electron chi connectivity index (χ1n) is 11.6. The lowest BCUT2D eigenvalue weighted by Gasteiger charge is -2.58. The van der Waals surface area contributed by atoms with E-state index < -0.39 is 0 Å². The molecule has 160 valence electrons. The third-order valence-electron chi connectivity index (χ3n) is 9.41. The average Bonchev–Trinajstić information content (AvgIpc) is 3.07. The third-order valence-corrected chi connectivity index (χ3v) is 10.1. The fraction of sp³-hybridized carbons (Fsp3) is 0.615. The molecule has 0 saturated heterocycles. The van der Waals surface area contributed by atoms with Crippen LogP contribution in [0.2, 0.25) is 0 Å². The van der Waals surface area contributed by atoms with Gasteiger partial charge in [0.1, 0.15) is 0 Å². The molecule has 5 rings (SSSR count). The molecule has 3 fully saturated rings. The van der Waals surface area contributed by atoms with Crippen molar-refractivity contribution in [3.05, 3.63) is 40.4 Å². The van der Waals surface area contributed by atoms with Crippen LogP contribution in [-0.4, -0.2) is 11.7 Å². The molecule has 4 aliphatic rings. The average molecular weight is 470 g/mol. The van der Waals surface area contributed by atoms with E-state index in [1.54, 1.807) is 0 Å². The van der Waals surface area contributed by atoms with Crippen LogP contribution in [0.1, 0.15) is 65.2 Å². The summed E-state index contributed by atoms with van der Waals surface area (Å²) in [7, 11) is 0. The Morgan fingerprint density at radius 2 is 1.83 bits per heavy atom. The molecule has 6 atom stereocenters. The van der Waals surface area contributed by atoms with Gasteiger partial charge < -0.3 is 5.32 Å². The zero-order chi connectivity index (χ0) is 21.1. The Morgan fingerprint density at radius 3 is 2.63 bits per heavy atom. The van der Waals surface area contributed by atoms with E-state index in [4.69, 9.17) is 0 Å². The van der Waals surface area contributed by atoms with Gasteiger partial charge in [0.2, 0.25) is 5.91 Å².